The Labute approximate surface area is 127 Å². The fourth-order valence-electron chi connectivity index (χ4n) is 2.27. The Morgan fingerprint density at radius 2 is 1.76 bits per heavy atom. The Morgan fingerprint density at radius 3 is 2.38 bits per heavy atom. The third-order valence-corrected chi connectivity index (χ3v) is 3.66. The minimum absolute atomic E-state index is 0.172. The minimum Gasteiger partial charge on any atom is -0.330 e. The van der Waals surface area contributed by atoms with Gasteiger partial charge < -0.3 is 5.73 Å². The fourth-order valence-corrected chi connectivity index (χ4v) is 2.27. The molecule has 114 valence electrons. The summed E-state index contributed by atoms with van der Waals surface area (Å²) in [4.78, 5) is 4.57. The summed E-state index contributed by atoms with van der Waals surface area (Å²) >= 11 is 0. The first-order chi connectivity index (χ1) is 10.0. The van der Waals surface area contributed by atoms with E-state index in [1.807, 2.05) is 0 Å². The molecule has 0 spiro atoms. The molecule has 0 aliphatic carbocycles. The van der Waals surface area contributed by atoms with Gasteiger partial charge in [-0.05, 0) is 30.4 Å². The number of hydrogen-bond donors (Lipinski definition) is 2. The number of aromatic amines is 1. The number of H-pyrrole nitrogens is 1. The molecule has 3 N–H and O–H groups in total. The molecule has 4 nitrogen and oxygen atoms in total. The fraction of sp³-hybridized carbons (Fsp3) is 0.529. The summed E-state index contributed by atoms with van der Waals surface area (Å²) in [7, 11) is 0. The van der Waals surface area contributed by atoms with Crippen molar-refractivity contribution in [3.05, 3.63) is 35.7 Å². The summed E-state index contributed by atoms with van der Waals surface area (Å²) in [5.74, 6) is 1.74. The average molecular weight is 286 g/mol. The first-order valence-electron chi connectivity index (χ1n) is 7.73. The summed E-state index contributed by atoms with van der Waals surface area (Å²) in [6, 6.07) is 8.52. The molecule has 0 amide bonds. The maximum Gasteiger partial charge on any atom is 0.181 e. The van der Waals surface area contributed by atoms with Gasteiger partial charge in [-0.15, -0.1) is 0 Å². The lowest BCUT2D eigenvalue weighted by atomic mass is 9.87. The van der Waals surface area contributed by atoms with Crippen LogP contribution in [0.5, 0.6) is 0 Å². The summed E-state index contributed by atoms with van der Waals surface area (Å²) in [6.45, 7) is 7.42. The molecule has 0 atom stereocenters. The van der Waals surface area contributed by atoms with E-state index in [2.05, 4.69) is 60.2 Å². The molecule has 2 rings (SSSR count). The van der Waals surface area contributed by atoms with E-state index in [4.69, 9.17) is 5.73 Å². The normalized spacial score (nSPS) is 11.8. The van der Waals surface area contributed by atoms with Crippen molar-refractivity contribution in [2.24, 2.45) is 5.73 Å². The summed E-state index contributed by atoms with van der Waals surface area (Å²) in [5, 5.41) is 7.35. The zero-order chi connectivity index (χ0) is 15.3. The summed E-state index contributed by atoms with van der Waals surface area (Å²) in [6.07, 6.45) is 4.27. The van der Waals surface area contributed by atoms with Crippen molar-refractivity contribution < 1.29 is 0 Å². The van der Waals surface area contributed by atoms with Gasteiger partial charge in [0, 0.05) is 12.0 Å². The molecular weight excluding hydrogens is 260 g/mol. The molecular formula is C17H26N4. The maximum absolute atomic E-state index is 5.49. The molecule has 1 aromatic carbocycles. The van der Waals surface area contributed by atoms with Gasteiger partial charge in [-0.25, -0.2) is 4.98 Å². The zero-order valence-corrected chi connectivity index (χ0v) is 13.3. The molecule has 0 aliphatic heterocycles. The van der Waals surface area contributed by atoms with Gasteiger partial charge in [-0.2, -0.15) is 5.10 Å². The van der Waals surface area contributed by atoms with Crippen LogP contribution in [-0.2, 0) is 11.8 Å². The third-order valence-electron chi connectivity index (χ3n) is 3.66. The van der Waals surface area contributed by atoms with Crippen molar-refractivity contribution in [2.45, 2.75) is 51.9 Å². The highest BCUT2D eigenvalue weighted by Crippen LogP contribution is 2.24. The van der Waals surface area contributed by atoms with Gasteiger partial charge >= 0.3 is 0 Å². The Hall–Kier alpha value is -1.68. The van der Waals surface area contributed by atoms with Gasteiger partial charge in [-0.3, -0.25) is 5.10 Å². The molecule has 21 heavy (non-hydrogen) atoms. The lowest BCUT2D eigenvalue weighted by molar-refractivity contribution is 0.590. The molecule has 1 aromatic heterocycles. The van der Waals surface area contributed by atoms with Crippen LogP contribution in [0.1, 0.15) is 51.4 Å². The van der Waals surface area contributed by atoms with Crippen molar-refractivity contribution in [2.75, 3.05) is 6.54 Å². The van der Waals surface area contributed by atoms with Crippen molar-refractivity contribution in [1.82, 2.24) is 15.2 Å². The van der Waals surface area contributed by atoms with E-state index < -0.39 is 0 Å². The van der Waals surface area contributed by atoms with E-state index in [0.717, 1.165) is 49.4 Å². The van der Waals surface area contributed by atoms with Crippen LogP contribution in [0, 0.1) is 0 Å². The number of unbranched alkanes of at least 4 members (excludes halogenated alkanes) is 2. The molecule has 0 unspecified atom stereocenters. The Balaban J connectivity index is 2.00. The summed E-state index contributed by atoms with van der Waals surface area (Å²) < 4.78 is 0. The largest absolute Gasteiger partial charge is 0.330 e. The van der Waals surface area contributed by atoms with E-state index in [1.165, 1.54) is 5.56 Å². The second-order valence-electron chi connectivity index (χ2n) is 6.53. The number of nitrogens with one attached hydrogen (secondary N) is 1. The van der Waals surface area contributed by atoms with Crippen LogP contribution in [-0.4, -0.2) is 21.7 Å². The van der Waals surface area contributed by atoms with E-state index in [-0.39, 0.29) is 5.41 Å². The van der Waals surface area contributed by atoms with Gasteiger partial charge in [0.15, 0.2) is 5.82 Å². The van der Waals surface area contributed by atoms with Crippen LogP contribution in [0.15, 0.2) is 24.3 Å². The Morgan fingerprint density at radius 1 is 1.05 bits per heavy atom. The van der Waals surface area contributed by atoms with E-state index in [0.29, 0.717) is 0 Å². The van der Waals surface area contributed by atoms with Crippen molar-refractivity contribution in [3.63, 3.8) is 0 Å². The van der Waals surface area contributed by atoms with E-state index in [9.17, 15) is 0 Å². The first kappa shape index (κ1) is 15.7. The number of nitrogens with two attached hydrogens (primary N) is 1. The predicted octanol–water partition coefficient (Wildman–Crippen LogP) is 3.44. The van der Waals surface area contributed by atoms with Gasteiger partial charge in [-0.1, -0.05) is 51.5 Å². The molecule has 1 heterocycles. The maximum atomic E-state index is 5.49. The number of nitrogens with zero attached hydrogens (tertiary/aromatic N) is 2. The van der Waals surface area contributed by atoms with Crippen LogP contribution in [0.25, 0.3) is 11.4 Å². The van der Waals surface area contributed by atoms with Crippen LogP contribution in [0.2, 0.25) is 0 Å². The second-order valence-corrected chi connectivity index (χ2v) is 6.53. The molecule has 4 heteroatoms. The number of hydrogen-bond acceptors (Lipinski definition) is 3. The molecule has 2 aromatic rings. The molecule has 0 bridgehead atoms. The Bertz CT molecular complexity index is 549. The Kier molecular flexibility index (Phi) is 5.12. The molecule has 0 fully saturated rings. The topological polar surface area (TPSA) is 67.6 Å². The average Bonchev–Trinajstić information content (AvgIpc) is 2.92. The SMILES string of the molecule is CC(C)(C)c1ccc(-c2n[nH]c(CCCCCN)n2)cc1. The van der Waals surface area contributed by atoms with Crippen LogP contribution in [0.4, 0.5) is 0 Å². The predicted molar refractivity (Wildman–Crippen MR) is 87.1 cm³/mol. The first-order valence-corrected chi connectivity index (χ1v) is 7.73. The molecule has 0 aliphatic rings. The third kappa shape index (κ3) is 4.39. The summed E-state index contributed by atoms with van der Waals surface area (Å²) in [5.41, 5.74) is 8.05. The second kappa shape index (κ2) is 6.85. The lowest BCUT2D eigenvalue weighted by Crippen LogP contribution is -2.10. The van der Waals surface area contributed by atoms with E-state index >= 15 is 0 Å². The number of rotatable bonds is 6. The van der Waals surface area contributed by atoms with Gasteiger partial charge in [0.05, 0.1) is 0 Å². The van der Waals surface area contributed by atoms with Crippen molar-refractivity contribution in [3.8, 4) is 11.4 Å². The van der Waals surface area contributed by atoms with Crippen LogP contribution in [0.3, 0.4) is 0 Å². The smallest absolute Gasteiger partial charge is 0.181 e. The highest BCUT2D eigenvalue weighted by Gasteiger charge is 2.14. The zero-order valence-electron chi connectivity index (χ0n) is 13.3. The minimum atomic E-state index is 0.172. The number of aromatic nitrogens is 3. The standard InChI is InChI=1S/C17H26N4/c1-17(2,3)14-10-8-13(9-11-14)16-19-15(20-21-16)7-5-4-6-12-18/h8-11H,4-7,12,18H2,1-3H3,(H,19,20,21). The highest BCUT2D eigenvalue weighted by atomic mass is 15.2. The lowest BCUT2D eigenvalue weighted by Gasteiger charge is -2.18. The molecule has 0 radical (unpaired) electrons. The van der Waals surface area contributed by atoms with E-state index in [1.54, 1.807) is 0 Å². The number of benzene rings is 1. The van der Waals surface area contributed by atoms with Crippen LogP contribution < -0.4 is 5.73 Å². The van der Waals surface area contributed by atoms with Crippen molar-refractivity contribution in [1.29, 1.82) is 0 Å². The van der Waals surface area contributed by atoms with Crippen molar-refractivity contribution >= 4 is 0 Å². The number of aryl methyl sites for hydroxylation is 1. The monoisotopic (exact) mass is 286 g/mol. The quantitative estimate of drug-likeness (QED) is 0.799. The van der Waals surface area contributed by atoms with Gasteiger partial charge in [0.1, 0.15) is 5.82 Å². The van der Waals surface area contributed by atoms with Gasteiger partial charge in [0.2, 0.25) is 0 Å². The molecule has 0 saturated heterocycles. The van der Waals surface area contributed by atoms with Gasteiger partial charge in [0.25, 0.3) is 0 Å². The molecule has 0 saturated carbocycles. The van der Waals surface area contributed by atoms with Crippen LogP contribution >= 0.6 is 0 Å². The highest BCUT2D eigenvalue weighted by molar-refractivity contribution is 5.55.